The van der Waals surface area contributed by atoms with Crippen molar-refractivity contribution < 1.29 is 19.8 Å². The van der Waals surface area contributed by atoms with Gasteiger partial charge in [0.2, 0.25) is 0 Å². The molecule has 0 spiro atoms. The van der Waals surface area contributed by atoms with E-state index in [1.165, 1.54) is 22.7 Å². The lowest BCUT2D eigenvalue weighted by molar-refractivity contribution is -0.147. The van der Waals surface area contributed by atoms with Crippen LogP contribution in [0.3, 0.4) is 0 Å². The van der Waals surface area contributed by atoms with Crippen LogP contribution in [0.5, 0.6) is 0 Å². The van der Waals surface area contributed by atoms with Gasteiger partial charge in [0.05, 0.1) is 11.3 Å². The van der Waals surface area contributed by atoms with Crippen molar-refractivity contribution in [1.29, 1.82) is 0 Å². The fraction of sp³-hybridized carbons (Fsp3) is 0.440. The highest BCUT2D eigenvalue weighted by Gasteiger charge is 2.26. The number of aryl methyl sites for hydroxylation is 2. The zero-order valence-electron chi connectivity index (χ0n) is 19.1. The van der Waals surface area contributed by atoms with Gasteiger partial charge >= 0.3 is 11.9 Å². The molecule has 0 radical (unpaired) electrons. The minimum atomic E-state index is -0.829. The lowest BCUT2D eigenvalue weighted by Crippen LogP contribution is -2.23. The maximum Gasteiger partial charge on any atom is 0.309 e. The maximum atomic E-state index is 12.1. The van der Waals surface area contributed by atoms with E-state index in [1.54, 1.807) is 45.0 Å². The predicted molar refractivity (Wildman–Crippen MR) is 134 cm³/mol. The molecule has 33 heavy (non-hydrogen) atoms. The average Bonchev–Trinajstić information content (AvgIpc) is 2.71. The second-order valence-electron chi connectivity index (χ2n) is 8.83. The number of carboxylic acid groups (broad SMARTS) is 2. The summed E-state index contributed by atoms with van der Waals surface area (Å²) in [5, 5.41) is 18.2. The molecule has 1 unspecified atom stereocenters. The van der Waals surface area contributed by atoms with E-state index in [0.717, 1.165) is 19.5 Å². The van der Waals surface area contributed by atoms with Crippen LogP contribution in [0, 0.1) is 11.3 Å². The van der Waals surface area contributed by atoms with E-state index in [9.17, 15) is 24.3 Å². The van der Waals surface area contributed by atoms with E-state index < -0.39 is 23.3 Å². The quantitative estimate of drug-likeness (QED) is 0.424. The van der Waals surface area contributed by atoms with Crippen molar-refractivity contribution in [2.24, 2.45) is 11.3 Å². The fourth-order valence-electron chi connectivity index (χ4n) is 3.19. The van der Waals surface area contributed by atoms with E-state index in [2.05, 4.69) is 0 Å². The minimum Gasteiger partial charge on any atom is -0.481 e. The van der Waals surface area contributed by atoms with Gasteiger partial charge in [0.25, 0.3) is 0 Å². The largest absolute Gasteiger partial charge is 0.481 e. The molecule has 0 aliphatic heterocycles. The first-order valence-electron chi connectivity index (χ1n) is 10.9. The monoisotopic (exact) mass is 490 g/mol. The van der Waals surface area contributed by atoms with E-state index in [4.69, 9.17) is 5.11 Å². The van der Waals surface area contributed by atoms with Crippen LogP contribution in [-0.4, -0.2) is 22.2 Å². The van der Waals surface area contributed by atoms with Crippen molar-refractivity contribution >= 4 is 46.8 Å². The van der Waals surface area contributed by atoms with Crippen molar-refractivity contribution in [3.8, 4) is 0 Å². The first-order chi connectivity index (χ1) is 15.5. The van der Waals surface area contributed by atoms with Crippen LogP contribution in [0.15, 0.2) is 33.9 Å². The molecule has 0 fully saturated rings. The van der Waals surface area contributed by atoms with E-state index >= 15 is 0 Å². The Morgan fingerprint density at radius 1 is 0.909 bits per heavy atom. The summed E-state index contributed by atoms with van der Waals surface area (Å²) >= 11 is 2.96. The third-order valence-corrected chi connectivity index (χ3v) is 7.52. The molecule has 0 aliphatic rings. The molecule has 2 N–H and O–H groups in total. The molecule has 0 amide bonds. The summed E-state index contributed by atoms with van der Waals surface area (Å²) in [6.45, 7) is 5.07. The second-order valence-corrected chi connectivity index (χ2v) is 11.2. The predicted octanol–water partition coefficient (Wildman–Crippen LogP) is 5.18. The molecule has 2 aromatic rings. The first-order valence-corrected chi connectivity index (χ1v) is 12.5. The first kappa shape index (κ1) is 26.7. The molecule has 178 valence electrons. The molecule has 8 heteroatoms. The Labute approximate surface area is 201 Å². The van der Waals surface area contributed by atoms with Crippen molar-refractivity contribution in [3.05, 3.63) is 64.2 Å². The summed E-state index contributed by atoms with van der Waals surface area (Å²) in [5.41, 5.74) is -0.996. The third kappa shape index (κ3) is 9.06. The Kier molecular flexibility index (Phi) is 9.73. The topological polar surface area (TPSA) is 109 Å². The molecular formula is C25H30O6S2. The summed E-state index contributed by atoms with van der Waals surface area (Å²) in [4.78, 5) is 49.7. The minimum absolute atomic E-state index is 0.0994. The Morgan fingerprint density at radius 3 is 1.85 bits per heavy atom. The van der Waals surface area contributed by atoms with Gasteiger partial charge in [0.15, 0.2) is 10.9 Å². The Bertz CT molecular complexity index is 1130. The molecule has 0 aliphatic carbocycles. The number of carbonyl (C=O) groups is 2. The van der Waals surface area contributed by atoms with Crippen LogP contribution >= 0.6 is 22.7 Å². The van der Waals surface area contributed by atoms with Crippen molar-refractivity contribution in [2.75, 3.05) is 0 Å². The van der Waals surface area contributed by atoms with E-state index in [-0.39, 0.29) is 10.9 Å². The van der Waals surface area contributed by atoms with Crippen LogP contribution in [0.25, 0.3) is 12.2 Å². The number of hydrogen-bond acceptors (Lipinski definition) is 6. The zero-order chi connectivity index (χ0) is 24.6. The Morgan fingerprint density at radius 2 is 1.39 bits per heavy atom. The van der Waals surface area contributed by atoms with Gasteiger partial charge in [0, 0.05) is 31.6 Å². The molecule has 2 rings (SSSR count). The lowest BCUT2D eigenvalue weighted by atomic mass is 9.87. The van der Waals surface area contributed by atoms with Gasteiger partial charge < -0.3 is 10.2 Å². The summed E-state index contributed by atoms with van der Waals surface area (Å²) in [5.74, 6) is -2.05. The van der Waals surface area contributed by atoms with Gasteiger partial charge in [-0.25, -0.2) is 0 Å². The van der Waals surface area contributed by atoms with Gasteiger partial charge in [-0.3, -0.25) is 19.2 Å². The fourth-order valence-corrected chi connectivity index (χ4v) is 5.26. The average molecular weight is 491 g/mol. The van der Waals surface area contributed by atoms with Gasteiger partial charge in [-0.1, -0.05) is 6.92 Å². The number of carboxylic acids is 2. The zero-order valence-corrected chi connectivity index (χ0v) is 20.8. The smallest absolute Gasteiger partial charge is 0.309 e. The summed E-state index contributed by atoms with van der Waals surface area (Å²) < 4.78 is 0. The van der Waals surface area contributed by atoms with Crippen molar-refractivity contribution in [1.82, 2.24) is 0 Å². The maximum absolute atomic E-state index is 12.1. The molecule has 0 bridgehead atoms. The summed E-state index contributed by atoms with van der Waals surface area (Å²) in [6.07, 6.45) is 7.36. The van der Waals surface area contributed by atoms with E-state index in [0.29, 0.717) is 38.5 Å². The highest BCUT2D eigenvalue weighted by atomic mass is 32.1. The second kappa shape index (κ2) is 12.0. The molecule has 0 aromatic carbocycles. The van der Waals surface area contributed by atoms with Crippen LogP contribution in [0.4, 0.5) is 0 Å². The molecule has 6 nitrogen and oxygen atoms in total. The van der Waals surface area contributed by atoms with Crippen LogP contribution < -0.4 is 10.9 Å². The molecule has 0 saturated heterocycles. The van der Waals surface area contributed by atoms with Crippen molar-refractivity contribution in [3.63, 3.8) is 0 Å². The molecular weight excluding hydrogens is 460 g/mol. The van der Waals surface area contributed by atoms with Crippen LogP contribution in [0.1, 0.15) is 66.0 Å². The standard InChI is InChI=1S/C25H30O6S2/c1-16(23(28)29)6-4-7-19-12-17(26)14-21(32-19)9-10-22-15-18(27)13-20(33-22)8-5-11-25(2,3)24(30)31/h9-10,12-16H,4-8,11H2,1-3H3,(H,28,29)(H,30,31)/b10-9-. The Hall–Kier alpha value is -2.58. The van der Waals surface area contributed by atoms with Crippen LogP contribution in [0.2, 0.25) is 0 Å². The highest BCUT2D eigenvalue weighted by molar-refractivity contribution is 7.13. The van der Waals surface area contributed by atoms with Gasteiger partial charge in [-0.2, -0.15) is 0 Å². The van der Waals surface area contributed by atoms with Gasteiger partial charge in [-0.15, -0.1) is 22.7 Å². The SMILES string of the molecule is CC(CCCc1cc(=O)cc(/C=C\c2cc(=O)cc(CCCC(C)(C)C(=O)O)s2)s1)C(=O)O. The lowest BCUT2D eigenvalue weighted by Gasteiger charge is -2.18. The highest BCUT2D eigenvalue weighted by Crippen LogP contribution is 2.25. The van der Waals surface area contributed by atoms with Gasteiger partial charge in [0.1, 0.15) is 0 Å². The Balaban J connectivity index is 2.07. The normalized spacial score (nSPS) is 12.7. The van der Waals surface area contributed by atoms with Crippen LogP contribution in [-0.2, 0) is 22.4 Å². The van der Waals surface area contributed by atoms with Crippen molar-refractivity contribution in [2.45, 2.75) is 59.3 Å². The molecule has 2 aromatic heterocycles. The number of aliphatic carboxylic acids is 2. The molecule has 2 heterocycles. The number of rotatable bonds is 12. The third-order valence-electron chi connectivity index (χ3n) is 5.37. The summed E-state index contributed by atoms with van der Waals surface area (Å²) in [7, 11) is 0. The number of hydrogen-bond donors (Lipinski definition) is 2. The van der Waals surface area contributed by atoms with E-state index in [1.807, 2.05) is 12.2 Å². The molecule has 1 atom stereocenters. The molecule has 0 saturated carbocycles. The van der Waals surface area contributed by atoms with Gasteiger partial charge in [-0.05, 0) is 76.7 Å². The summed E-state index contributed by atoms with van der Waals surface area (Å²) in [6, 6.07) is 6.27.